The number of aliphatic imine (C=N–C) groups is 1. The van der Waals surface area contributed by atoms with Gasteiger partial charge >= 0.3 is 0 Å². The Morgan fingerprint density at radius 2 is 1.71 bits per heavy atom. The van der Waals surface area contributed by atoms with Gasteiger partial charge in [0.25, 0.3) is 0 Å². The molecule has 28 heavy (non-hydrogen) atoms. The summed E-state index contributed by atoms with van der Waals surface area (Å²) in [5, 5.41) is 3.00. The second-order valence-corrected chi connectivity index (χ2v) is 8.08. The summed E-state index contributed by atoms with van der Waals surface area (Å²) in [6.45, 7) is 3.84. The fourth-order valence-corrected chi connectivity index (χ4v) is 4.05. The summed E-state index contributed by atoms with van der Waals surface area (Å²) in [5.41, 5.74) is 8.18. The monoisotopic (exact) mass is 518 g/mol. The highest BCUT2D eigenvalue weighted by Crippen LogP contribution is 2.22. The summed E-state index contributed by atoms with van der Waals surface area (Å²) in [6, 6.07) is 14.5. The second kappa shape index (κ2) is 11.2. The zero-order chi connectivity index (χ0) is 19.9. The molecule has 7 nitrogen and oxygen atoms in total. The minimum absolute atomic E-state index is 0. The van der Waals surface area contributed by atoms with Gasteiger partial charge in [0, 0.05) is 6.04 Å². The standard InChI is InChI=1S/C19H26N4O3S.HI/c1-14(2)23-27(24,25)13-16-9-5-4-8-15(16)12-21-19(20)22-17-10-6-7-11-18(17)26-3;/h4-11,14,23H,12-13H2,1-3H3,(H3,20,21,22);1H. The van der Waals surface area contributed by atoms with E-state index < -0.39 is 10.0 Å². The molecule has 0 saturated carbocycles. The summed E-state index contributed by atoms with van der Waals surface area (Å²) in [5.74, 6) is 0.774. The molecule has 0 atom stereocenters. The summed E-state index contributed by atoms with van der Waals surface area (Å²) in [6.07, 6.45) is 0. The van der Waals surface area contributed by atoms with E-state index in [4.69, 9.17) is 10.5 Å². The van der Waals surface area contributed by atoms with E-state index in [1.54, 1.807) is 27.0 Å². The van der Waals surface area contributed by atoms with Crippen LogP contribution in [-0.2, 0) is 22.3 Å². The lowest BCUT2D eigenvalue weighted by Crippen LogP contribution is -2.31. The molecular formula is C19H27IN4O3S. The van der Waals surface area contributed by atoms with E-state index in [9.17, 15) is 8.42 Å². The maximum Gasteiger partial charge on any atom is 0.216 e. The van der Waals surface area contributed by atoms with Gasteiger partial charge in [0.1, 0.15) is 5.75 Å². The van der Waals surface area contributed by atoms with E-state index in [1.165, 1.54) is 0 Å². The number of nitrogens with zero attached hydrogens (tertiary/aromatic N) is 1. The zero-order valence-electron chi connectivity index (χ0n) is 16.2. The van der Waals surface area contributed by atoms with Crippen molar-refractivity contribution in [3.63, 3.8) is 0 Å². The van der Waals surface area contributed by atoms with Crippen LogP contribution in [0.4, 0.5) is 5.69 Å². The molecule has 0 saturated heterocycles. The van der Waals surface area contributed by atoms with E-state index >= 15 is 0 Å². The van der Waals surface area contributed by atoms with Crippen LogP contribution in [0.1, 0.15) is 25.0 Å². The minimum Gasteiger partial charge on any atom is -0.495 e. The molecule has 2 aromatic rings. The number of hydrogen-bond donors (Lipinski definition) is 3. The largest absolute Gasteiger partial charge is 0.495 e. The topological polar surface area (TPSA) is 106 Å². The van der Waals surface area contributed by atoms with E-state index in [0.717, 1.165) is 5.56 Å². The van der Waals surface area contributed by atoms with Crippen LogP contribution in [0, 0.1) is 0 Å². The van der Waals surface area contributed by atoms with Crippen molar-refractivity contribution in [2.75, 3.05) is 12.4 Å². The Balaban J connectivity index is 0.00000392. The number of ether oxygens (including phenoxy) is 1. The predicted octanol–water partition coefficient (Wildman–Crippen LogP) is 3.07. The Labute approximate surface area is 183 Å². The number of rotatable bonds is 8. The lowest BCUT2D eigenvalue weighted by molar-refractivity contribution is 0.417. The number of nitrogens with one attached hydrogen (secondary N) is 2. The number of methoxy groups -OCH3 is 1. The molecule has 0 fully saturated rings. The molecule has 0 radical (unpaired) electrons. The average molecular weight is 518 g/mol. The summed E-state index contributed by atoms with van der Waals surface area (Å²) in [4.78, 5) is 4.33. The molecule has 0 spiro atoms. The van der Waals surface area contributed by atoms with Crippen LogP contribution in [-0.4, -0.2) is 27.5 Å². The number of hydrogen-bond acceptors (Lipinski definition) is 4. The van der Waals surface area contributed by atoms with Gasteiger partial charge in [0.05, 0.1) is 25.1 Å². The van der Waals surface area contributed by atoms with Gasteiger partial charge in [0.2, 0.25) is 10.0 Å². The highest BCUT2D eigenvalue weighted by Gasteiger charge is 2.15. The first kappa shape index (κ1) is 24.2. The van der Waals surface area contributed by atoms with Gasteiger partial charge in [-0.25, -0.2) is 18.1 Å². The number of halogens is 1. The van der Waals surface area contributed by atoms with Crippen LogP contribution in [0.5, 0.6) is 5.75 Å². The molecule has 0 aliphatic rings. The van der Waals surface area contributed by atoms with Crippen molar-refractivity contribution in [1.29, 1.82) is 0 Å². The van der Waals surface area contributed by atoms with Crippen LogP contribution in [0.15, 0.2) is 53.5 Å². The Bertz CT molecular complexity index is 902. The molecular weight excluding hydrogens is 491 g/mol. The minimum atomic E-state index is -3.41. The van der Waals surface area contributed by atoms with E-state index in [0.29, 0.717) is 17.0 Å². The molecule has 4 N–H and O–H groups in total. The molecule has 0 aliphatic carbocycles. The number of guanidine groups is 1. The van der Waals surface area contributed by atoms with Gasteiger partial charge in [-0.15, -0.1) is 24.0 Å². The number of anilines is 1. The third kappa shape index (κ3) is 7.64. The van der Waals surface area contributed by atoms with Gasteiger partial charge in [-0.1, -0.05) is 36.4 Å². The van der Waals surface area contributed by atoms with Crippen molar-refractivity contribution in [1.82, 2.24) is 4.72 Å². The van der Waals surface area contributed by atoms with Gasteiger partial charge in [-0.05, 0) is 37.1 Å². The van der Waals surface area contributed by atoms with Crippen LogP contribution in [0.3, 0.4) is 0 Å². The van der Waals surface area contributed by atoms with E-state index in [-0.39, 0.29) is 48.3 Å². The van der Waals surface area contributed by atoms with Crippen molar-refractivity contribution < 1.29 is 13.2 Å². The summed E-state index contributed by atoms with van der Waals surface area (Å²) < 4.78 is 32.3. The van der Waals surface area contributed by atoms with Crippen molar-refractivity contribution in [3.05, 3.63) is 59.7 Å². The molecule has 0 aromatic heterocycles. The van der Waals surface area contributed by atoms with Gasteiger partial charge in [-0.2, -0.15) is 0 Å². The third-order valence-electron chi connectivity index (χ3n) is 3.67. The van der Waals surface area contributed by atoms with Crippen LogP contribution < -0.4 is 20.5 Å². The lowest BCUT2D eigenvalue weighted by atomic mass is 10.1. The van der Waals surface area contributed by atoms with Crippen LogP contribution >= 0.6 is 24.0 Å². The van der Waals surface area contributed by atoms with Gasteiger partial charge < -0.3 is 15.8 Å². The predicted molar refractivity (Wildman–Crippen MR) is 125 cm³/mol. The average Bonchev–Trinajstić information content (AvgIpc) is 2.60. The first-order chi connectivity index (χ1) is 12.8. The third-order valence-corrected chi connectivity index (χ3v) is 5.19. The van der Waals surface area contributed by atoms with E-state index in [2.05, 4.69) is 15.0 Å². The van der Waals surface area contributed by atoms with Gasteiger partial charge in [0.15, 0.2) is 5.96 Å². The fourth-order valence-electron chi connectivity index (χ4n) is 2.55. The highest BCUT2D eigenvalue weighted by molar-refractivity contribution is 14.0. The van der Waals surface area contributed by atoms with Crippen LogP contribution in [0.2, 0.25) is 0 Å². The highest BCUT2D eigenvalue weighted by atomic mass is 127. The Kier molecular flexibility index (Phi) is 9.70. The molecule has 2 rings (SSSR count). The number of sulfonamides is 1. The molecule has 2 aromatic carbocycles. The molecule has 9 heteroatoms. The molecule has 0 bridgehead atoms. The number of para-hydroxylation sites is 2. The van der Waals surface area contributed by atoms with E-state index in [1.807, 2.05) is 42.5 Å². The SMILES string of the molecule is COc1ccccc1NC(N)=NCc1ccccc1CS(=O)(=O)NC(C)C.I. The lowest BCUT2D eigenvalue weighted by Gasteiger charge is -2.13. The maximum atomic E-state index is 12.2. The van der Waals surface area contributed by atoms with Crippen molar-refractivity contribution in [3.8, 4) is 5.75 Å². The van der Waals surface area contributed by atoms with Crippen molar-refractivity contribution in [2.45, 2.75) is 32.2 Å². The molecule has 0 unspecified atom stereocenters. The molecule has 0 aliphatic heterocycles. The fraction of sp³-hybridized carbons (Fsp3) is 0.316. The van der Waals surface area contributed by atoms with Gasteiger partial charge in [-0.3, -0.25) is 0 Å². The smallest absolute Gasteiger partial charge is 0.216 e. The zero-order valence-corrected chi connectivity index (χ0v) is 19.3. The summed E-state index contributed by atoms with van der Waals surface area (Å²) >= 11 is 0. The number of benzene rings is 2. The second-order valence-electron chi connectivity index (χ2n) is 6.33. The first-order valence-corrected chi connectivity index (χ1v) is 10.2. The summed E-state index contributed by atoms with van der Waals surface area (Å²) in [7, 11) is -1.84. The van der Waals surface area contributed by atoms with Crippen molar-refractivity contribution in [2.24, 2.45) is 10.7 Å². The Morgan fingerprint density at radius 3 is 2.36 bits per heavy atom. The number of nitrogens with two attached hydrogens (primary N) is 1. The molecule has 154 valence electrons. The molecule has 0 amide bonds. The van der Waals surface area contributed by atoms with Crippen molar-refractivity contribution >= 4 is 45.6 Å². The normalized spacial score (nSPS) is 11.8. The first-order valence-electron chi connectivity index (χ1n) is 8.57. The Hall–Kier alpha value is -1.85. The maximum absolute atomic E-state index is 12.2. The molecule has 0 heterocycles. The van der Waals surface area contributed by atoms with Crippen LogP contribution in [0.25, 0.3) is 0 Å². The Morgan fingerprint density at radius 1 is 1.11 bits per heavy atom. The quantitative estimate of drug-likeness (QED) is 0.283.